The van der Waals surface area contributed by atoms with E-state index in [1.54, 1.807) is 0 Å². The van der Waals surface area contributed by atoms with Crippen LogP contribution in [0.1, 0.15) is 0 Å². The van der Waals surface area contributed by atoms with Crippen molar-refractivity contribution in [2.75, 3.05) is 0 Å². The Kier molecular flexibility index (Phi) is 6.93. The largest absolute Gasteiger partial charge is 0.309 e. The molecule has 0 atom stereocenters. The summed E-state index contributed by atoms with van der Waals surface area (Å²) in [6, 6.07) is 77.4. The first-order valence-corrected chi connectivity index (χ1v) is 19.6. The molecule has 0 fully saturated rings. The summed E-state index contributed by atoms with van der Waals surface area (Å²) in [6.45, 7) is 0. The number of benzene rings is 9. The predicted octanol–water partition coefficient (Wildman–Crippen LogP) is 14.3. The third-order valence-corrected chi connectivity index (χ3v) is 11.8. The second kappa shape index (κ2) is 12.5. The normalized spacial score (nSPS) is 11.9. The van der Waals surface area contributed by atoms with Gasteiger partial charge in [-0.1, -0.05) is 140 Å². The standard InChI is InChI=1S/C54H35N3/c1-4-16-36(17-5-1)37-28-31-41(32-29-37)55-48-25-13-10-22-42(48)46-34-38(30-33-51(46)55)45-35-47-43-23-11-14-26-49(43)56(39-18-6-2-7-19-39)53(47)54-52(45)44-24-12-15-27-50(44)57(54)40-20-8-3-9-21-40/h1-35H. The summed E-state index contributed by atoms with van der Waals surface area (Å²) in [5.74, 6) is 0. The Morgan fingerprint density at radius 1 is 0.246 bits per heavy atom. The van der Waals surface area contributed by atoms with Crippen molar-refractivity contribution >= 4 is 65.4 Å². The van der Waals surface area contributed by atoms with E-state index in [-0.39, 0.29) is 0 Å². The summed E-state index contributed by atoms with van der Waals surface area (Å²) in [5, 5.41) is 7.44. The van der Waals surface area contributed by atoms with E-state index < -0.39 is 0 Å². The van der Waals surface area contributed by atoms with Crippen LogP contribution in [0.25, 0.3) is 105 Å². The zero-order valence-electron chi connectivity index (χ0n) is 31.0. The zero-order chi connectivity index (χ0) is 37.5. The number of para-hydroxylation sites is 5. The van der Waals surface area contributed by atoms with E-state index in [2.05, 4.69) is 226 Å². The zero-order valence-corrected chi connectivity index (χ0v) is 31.0. The van der Waals surface area contributed by atoms with Gasteiger partial charge in [0, 0.05) is 49.4 Å². The van der Waals surface area contributed by atoms with Crippen molar-refractivity contribution in [3.63, 3.8) is 0 Å². The lowest BCUT2D eigenvalue weighted by Gasteiger charge is -2.14. The highest BCUT2D eigenvalue weighted by Gasteiger charge is 2.25. The Balaban J connectivity index is 1.18. The molecule has 266 valence electrons. The van der Waals surface area contributed by atoms with Gasteiger partial charge in [0.25, 0.3) is 0 Å². The lowest BCUT2D eigenvalue weighted by molar-refractivity contribution is 1.15. The van der Waals surface area contributed by atoms with Gasteiger partial charge in [-0.3, -0.25) is 0 Å². The fourth-order valence-electron chi connectivity index (χ4n) is 9.37. The Labute approximate surface area is 329 Å². The molecule has 9 aromatic carbocycles. The van der Waals surface area contributed by atoms with Crippen LogP contribution in [0.4, 0.5) is 0 Å². The lowest BCUT2D eigenvalue weighted by Crippen LogP contribution is -1.99. The highest BCUT2D eigenvalue weighted by molar-refractivity contribution is 6.28. The molecular weight excluding hydrogens is 691 g/mol. The topological polar surface area (TPSA) is 14.8 Å². The third-order valence-electron chi connectivity index (χ3n) is 11.8. The van der Waals surface area contributed by atoms with Gasteiger partial charge in [-0.2, -0.15) is 0 Å². The summed E-state index contributed by atoms with van der Waals surface area (Å²) in [7, 11) is 0. The number of hydrogen-bond acceptors (Lipinski definition) is 0. The third kappa shape index (κ3) is 4.73. The molecule has 12 aromatic rings. The molecule has 3 nitrogen and oxygen atoms in total. The van der Waals surface area contributed by atoms with Crippen LogP contribution in [-0.2, 0) is 0 Å². The van der Waals surface area contributed by atoms with Gasteiger partial charge in [0.15, 0.2) is 0 Å². The quantitative estimate of drug-likeness (QED) is 0.168. The molecule has 0 saturated carbocycles. The fraction of sp³-hybridized carbons (Fsp3) is 0. The first-order chi connectivity index (χ1) is 28.3. The van der Waals surface area contributed by atoms with Crippen LogP contribution in [0.2, 0.25) is 0 Å². The van der Waals surface area contributed by atoms with Crippen molar-refractivity contribution in [2.45, 2.75) is 0 Å². The maximum Gasteiger partial charge on any atom is 0.0795 e. The Hall–Kier alpha value is -7.62. The van der Waals surface area contributed by atoms with E-state index >= 15 is 0 Å². The molecule has 0 N–H and O–H groups in total. The minimum absolute atomic E-state index is 1.14. The molecule has 3 heteroatoms. The molecule has 57 heavy (non-hydrogen) atoms. The maximum absolute atomic E-state index is 2.48. The minimum atomic E-state index is 1.14. The molecule has 0 radical (unpaired) electrons. The number of rotatable bonds is 5. The molecule has 0 amide bonds. The van der Waals surface area contributed by atoms with Gasteiger partial charge in [-0.05, 0) is 95.1 Å². The van der Waals surface area contributed by atoms with E-state index in [1.165, 1.54) is 87.7 Å². The SMILES string of the molecule is c1ccc(-c2ccc(-n3c4ccccc4c4cc(-c5cc6c7ccccc7n(-c7ccccc7)c6c6c5c5ccccc5n6-c5ccccc5)ccc43)cc2)cc1. The highest BCUT2D eigenvalue weighted by atomic mass is 15.0. The number of fused-ring (bicyclic) bond motifs is 10. The fourth-order valence-corrected chi connectivity index (χ4v) is 9.37. The first-order valence-electron chi connectivity index (χ1n) is 19.6. The van der Waals surface area contributed by atoms with Crippen molar-refractivity contribution in [1.82, 2.24) is 13.7 Å². The maximum atomic E-state index is 2.48. The second-order valence-electron chi connectivity index (χ2n) is 14.9. The van der Waals surface area contributed by atoms with Gasteiger partial charge in [0.1, 0.15) is 0 Å². The molecule has 0 aliphatic heterocycles. The van der Waals surface area contributed by atoms with Crippen LogP contribution in [-0.4, -0.2) is 13.7 Å². The Morgan fingerprint density at radius 2 is 0.684 bits per heavy atom. The molecule has 0 aliphatic rings. The van der Waals surface area contributed by atoms with Crippen LogP contribution in [0.5, 0.6) is 0 Å². The molecule has 12 rings (SSSR count). The Bertz CT molecular complexity index is 3480. The van der Waals surface area contributed by atoms with Gasteiger partial charge in [-0.15, -0.1) is 0 Å². The summed E-state index contributed by atoms with van der Waals surface area (Å²) in [5.41, 5.74) is 15.5. The van der Waals surface area contributed by atoms with Crippen molar-refractivity contribution in [1.29, 1.82) is 0 Å². The molecule has 0 spiro atoms. The molecular formula is C54H35N3. The molecule has 0 bridgehead atoms. The van der Waals surface area contributed by atoms with Crippen LogP contribution in [0.3, 0.4) is 0 Å². The van der Waals surface area contributed by atoms with Crippen LogP contribution < -0.4 is 0 Å². The van der Waals surface area contributed by atoms with E-state index in [1.807, 2.05) is 0 Å². The first kappa shape index (κ1) is 31.7. The average Bonchev–Trinajstić information content (AvgIpc) is 3.93. The summed E-state index contributed by atoms with van der Waals surface area (Å²) >= 11 is 0. The molecule has 3 aromatic heterocycles. The molecule has 0 unspecified atom stereocenters. The molecule has 0 aliphatic carbocycles. The van der Waals surface area contributed by atoms with E-state index in [0.717, 1.165) is 17.1 Å². The van der Waals surface area contributed by atoms with Gasteiger partial charge in [0.2, 0.25) is 0 Å². The average molecular weight is 726 g/mol. The van der Waals surface area contributed by atoms with Crippen molar-refractivity contribution in [3.8, 4) is 39.3 Å². The van der Waals surface area contributed by atoms with Gasteiger partial charge < -0.3 is 13.7 Å². The van der Waals surface area contributed by atoms with Crippen LogP contribution >= 0.6 is 0 Å². The minimum Gasteiger partial charge on any atom is -0.309 e. The lowest BCUT2D eigenvalue weighted by atomic mass is 9.95. The van der Waals surface area contributed by atoms with Gasteiger partial charge in [-0.25, -0.2) is 0 Å². The van der Waals surface area contributed by atoms with Crippen LogP contribution in [0.15, 0.2) is 212 Å². The smallest absolute Gasteiger partial charge is 0.0795 e. The van der Waals surface area contributed by atoms with E-state index in [9.17, 15) is 0 Å². The second-order valence-corrected chi connectivity index (χ2v) is 14.9. The van der Waals surface area contributed by atoms with E-state index in [0.29, 0.717) is 0 Å². The predicted molar refractivity (Wildman–Crippen MR) is 240 cm³/mol. The van der Waals surface area contributed by atoms with Crippen molar-refractivity contribution in [3.05, 3.63) is 212 Å². The van der Waals surface area contributed by atoms with Gasteiger partial charge >= 0.3 is 0 Å². The Morgan fingerprint density at radius 3 is 1.33 bits per heavy atom. The highest BCUT2D eigenvalue weighted by Crippen LogP contribution is 2.47. The number of aromatic nitrogens is 3. The number of nitrogens with zero attached hydrogens (tertiary/aromatic N) is 3. The summed E-state index contributed by atoms with van der Waals surface area (Å²) < 4.78 is 7.37. The monoisotopic (exact) mass is 725 g/mol. The molecule has 3 heterocycles. The van der Waals surface area contributed by atoms with Crippen molar-refractivity contribution < 1.29 is 0 Å². The van der Waals surface area contributed by atoms with Crippen molar-refractivity contribution in [2.24, 2.45) is 0 Å². The van der Waals surface area contributed by atoms with Gasteiger partial charge in [0.05, 0.1) is 33.1 Å². The summed E-state index contributed by atoms with van der Waals surface area (Å²) in [6.07, 6.45) is 0. The number of hydrogen-bond donors (Lipinski definition) is 0. The summed E-state index contributed by atoms with van der Waals surface area (Å²) in [4.78, 5) is 0. The van der Waals surface area contributed by atoms with E-state index in [4.69, 9.17) is 0 Å². The van der Waals surface area contributed by atoms with Crippen LogP contribution in [0, 0.1) is 0 Å². The molecule has 0 saturated heterocycles.